The zero-order valence-electron chi connectivity index (χ0n) is 19.3. The highest BCUT2D eigenvalue weighted by Gasteiger charge is 2.28. The standard InChI is InChI=1S/C26H32Cl2N2O2S/c1-18-8-10-20(11-9-18)16-33-17-25(31)30(15-21-12-13-22(27)14-24(21)28)19(2)26(32)29-23-6-4-3-5-7-23/h8-14,19,23H,3-7,15-17H2,1-2H3,(H,29,32). The molecule has 178 valence electrons. The molecule has 0 spiro atoms. The van der Waals surface area contributed by atoms with E-state index in [2.05, 4.69) is 36.5 Å². The Hall–Kier alpha value is -1.69. The number of carbonyl (C=O) groups excluding carboxylic acids is 2. The topological polar surface area (TPSA) is 49.4 Å². The van der Waals surface area contributed by atoms with E-state index >= 15 is 0 Å². The van der Waals surface area contributed by atoms with Gasteiger partial charge in [-0.05, 0) is 49.9 Å². The van der Waals surface area contributed by atoms with Crippen LogP contribution in [0.1, 0.15) is 55.7 Å². The average molecular weight is 508 g/mol. The molecule has 0 bridgehead atoms. The van der Waals surface area contributed by atoms with E-state index in [4.69, 9.17) is 23.2 Å². The van der Waals surface area contributed by atoms with Crippen molar-refractivity contribution in [3.05, 3.63) is 69.2 Å². The molecule has 3 rings (SSSR count). The third-order valence-corrected chi connectivity index (χ3v) is 7.67. The first-order valence-electron chi connectivity index (χ1n) is 11.5. The maximum Gasteiger partial charge on any atom is 0.242 e. The SMILES string of the molecule is Cc1ccc(CSCC(=O)N(Cc2ccc(Cl)cc2Cl)C(C)C(=O)NC2CCCCC2)cc1. The molecule has 2 aromatic carbocycles. The van der Waals surface area contributed by atoms with Gasteiger partial charge in [-0.3, -0.25) is 9.59 Å². The molecule has 0 saturated heterocycles. The second-order valence-electron chi connectivity index (χ2n) is 8.76. The van der Waals surface area contributed by atoms with E-state index in [1.54, 1.807) is 35.7 Å². The Kier molecular flexibility index (Phi) is 9.96. The smallest absolute Gasteiger partial charge is 0.242 e. The maximum atomic E-state index is 13.3. The molecule has 2 amide bonds. The zero-order valence-corrected chi connectivity index (χ0v) is 21.6. The average Bonchev–Trinajstić information content (AvgIpc) is 2.80. The van der Waals surface area contributed by atoms with Gasteiger partial charge in [0.15, 0.2) is 0 Å². The van der Waals surface area contributed by atoms with Crippen LogP contribution in [0.3, 0.4) is 0 Å². The molecule has 1 N–H and O–H groups in total. The fraction of sp³-hybridized carbons (Fsp3) is 0.462. The number of carbonyl (C=O) groups is 2. The van der Waals surface area contributed by atoms with Crippen molar-refractivity contribution in [2.45, 2.75) is 70.3 Å². The molecule has 0 aliphatic heterocycles. The van der Waals surface area contributed by atoms with Crippen molar-refractivity contribution in [3.63, 3.8) is 0 Å². The molecule has 2 aromatic rings. The Morgan fingerprint density at radius 2 is 1.79 bits per heavy atom. The minimum absolute atomic E-state index is 0.0792. The molecule has 0 radical (unpaired) electrons. The van der Waals surface area contributed by atoms with Crippen LogP contribution in [0.4, 0.5) is 0 Å². The van der Waals surface area contributed by atoms with Gasteiger partial charge in [-0.1, -0.05) is 78.4 Å². The lowest BCUT2D eigenvalue weighted by molar-refractivity contribution is -0.139. The van der Waals surface area contributed by atoms with Crippen LogP contribution in [0.15, 0.2) is 42.5 Å². The van der Waals surface area contributed by atoms with Gasteiger partial charge in [0.05, 0.1) is 5.75 Å². The van der Waals surface area contributed by atoms with Crippen molar-refractivity contribution < 1.29 is 9.59 Å². The summed E-state index contributed by atoms with van der Waals surface area (Å²) in [6, 6.07) is 13.2. The molecule has 1 unspecified atom stereocenters. The Bertz CT molecular complexity index is 946. The second kappa shape index (κ2) is 12.7. The first-order chi connectivity index (χ1) is 15.8. The van der Waals surface area contributed by atoms with Crippen molar-refractivity contribution in [2.75, 3.05) is 5.75 Å². The molecular weight excluding hydrogens is 475 g/mol. The number of aryl methyl sites for hydroxylation is 1. The fourth-order valence-corrected chi connectivity index (χ4v) is 5.35. The minimum atomic E-state index is -0.592. The number of hydrogen-bond donors (Lipinski definition) is 1. The van der Waals surface area contributed by atoms with Crippen molar-refractivity contribution in [1.82, 2.24) is 10.2 Å². The van der Waals surface area contributed by atoms with E-state index in [9.17, 15) is 9.59 Å². The van der Waals surface area contributed by atoms with E-state index in [0.717, 1.165) is 37.0 Å². The highest BCUT2D eigenvalue weighted by molar-refractivity contribution is 7.99. The molecule has 7 heteroatoms. The van der Waals surface area contributed by atoms with Gasteiger partial charge in [0.25, 0.3) is 0 Å². The van der Waals surface area contributed by atoms with Gasteiger partial charge in [-0.2, -0.15) is 0 Å². The predicted octanol–water partition coefficient (Wildman–Crippen LogP) is 6.40. The number of halogens is 2. The van der Waals surface area contributed by atoms with Crippen LogP contribution in [-0.4, -0.2) is 34.6 Å². The molecule has 0 aromatic heterocycles. The first-order valence-corrected chi connectivity index (χ1v) is 13.4. The number of benzene rings is 2. The lowest BCUT2D eigenvalue weighted by Gasteiger charge is -2.31. The van der Waals surface area contributed by atoms with E-state index in [-0.39, 0.29) is 24.4 Å². The van der Waals surface area contributed by atoms with Crippen LogP contribution in [0, 0.1) is 6.92 Å². The zero-order chi connectivity index (χ0) is 23.8. The number of thioether (sulfide) groups is 1. The largest absolute Gasteiger partial charge is 0.352 e. The third kappa shape index (κ3) is 7.94. The van der Waals surface area contributed by atoms with E-state index in [1.807, 2.05) is 6.07 Å². The van der Waals surface area contributed by atoms with Gasteiger partial charge in [0, 0.05) is 28.4 Å². The Morgan fingerprint density at radius 1 is 1.09 bits per heavy atom. The monoisotopic (exact) mass is 506 g/mol. The molecule has 1 saturated carbocycles. The summed E-state index contributed by atoms with van der Waals surface area (Å²) in [4.78, 5) is 27.9. The second-order valence-corrected chi connectivity index (χ2v) is 10.6. The number of nitrogens with zero attached hydrogens (tertiary/aromatic N) is 1. The van der Waals surface area contributed by atoms with Crippen molar-refractivity contribution in [1.29, 1.82) is 0 Å². The highest BCUT2D eigenvalue weighted by atomic mass is 35.5. The Balaban J connectivity index is 1.68. The summed E-state index contributed by atoms with van der Waals surface area (Å²) in [5.41, 5.74) is 3.16. The van der Waals surface area contributed by atoms with Gasteiger partial charge in [-0.25, -0.2) is 0 Å². The van der Waals surface area contributed by atoms with E-state index in [1.165, 1.54) is 17.5 Å². The summed E-state index contributed by atoms with van der Waals surface area (Å²) in [6.07, 6.45) is 5.50. The number of hydrogen-bond acceptors (Lipinski definition) is 3. The van der Waals surface area contributed by atoms with Crippen LogP contribution in [0.5, 0.6) is 0 Å². The van der Waals surface area contributed by atoms with Crippen molar-refractivity contribution in [3.8, 4) is 0 Å². The summed E-state index contributed by atoms with van der Waals surface area (Å²) >= 11 is 14.0. The molecule has 4 nitrogen and oxygen atoms in total. The first kappa shape index (κ1) is 25.9. The van der Waals surface area contributed by atoms with Gasteiger partial charge >= 0.3 is 0 Å². The lowest BCUT2D eigenvalue weighted by atomic mass is 9.95. The van der Waals surface area contributed by atoms with Crippen LogP contribution in [0.2, 0.25) is 10.0 Å². The summed E-state index contributed by atoms with van der Waals surface area (Å²) in [7, 11) is 0. The summed E-state index contributed by atoms with van der Waals surface area (Å²) in [5, 5.41) is 4.19. The molecular formula is C26H32Cl2N2O2S. The van der Waals surface area contributed by atoms with Gasteiger partial charge in [-0.15, -0.1) is 11.8 Å². The van der Waals surface area contributed by atoms with Crippen molar-refractivity contribution >= 4 is 46.8 Å². The van der Waals surface area contributed by atoms with Gasteiger partial charge in [0.1, 0.15) is 6.04 Å². The minimum Gasteiger partial charge on any atom is -0.352 e. The summed E-state index contributed by atoms with van der Waals surface area (Å²) in [5.74, 6) is 0.845. The van der Waals surface area contributed by atoms with E-state index < -0.39 is 6.04 Å². The van der Waals surface area contributed by atoms with Crippen molar-refractivity contribution in [2.24, 2.45) is 0 Å². The molecule has 1 aliphatic carbocycles. The molecule has 1 fully saturated rings. The molecule has 33 heavy (non-hydrogen) atoms. The normalized spacial score (nSPS) is 15.2. The fourth-order valence-electron chi connectivity index (χ4n) is 4.01. The number of rotatable bonds is 9. The van der Waals surface area contributed by atoms with Crippen LogP contribution < -0.4 is 5.32 Å². The lowest BCUT2D eigenvalue weighted by Crippen LogP contribution is -2.50. The van der Waals surface area contributed by atoms with Gasteiger partial charge in [0.2, 0.25) is 11.8 Å². The van der Waals surface area contributed by atoms with Crippen LogP contribution in [0.25, 0.3) is 0 Å². The van der Waals surface area contributed by atoms with Crippen LogP contribution >= 0.6 is 35.0 Å². The van der Waals surface area contributed by atoms with Gasteiger partial charge < -0.3 is 10.2 Å². The molecule has 1 aliphatic rings. The quantitative estimate of drug-likeness (QED) is 0.427. The predicted molar refractivity (Wildman–Crippen MR) is 139 cm³/mol. The van der Waals surface area contributed by atoms with E-state index in [0.29, 0.717) is 15.8 Å². The Labute approximate surface area is 211 Å². The van der Waals surface area contributed by atoms with Crippen LogP contribution in [-0.2, 0) is 21.9 Å². The number of amides is 2. The number of nitrogens with one attached hydrogen (secondary N) is 1. The highest BCUT2D eigenvalue weighted by Crippen LogP contribution is 2.24. The Morgan fingerprint density at radius 3 is 2.45 bits per heavy atom. The molecule has 0 heterocycles. The third-order valence-electron chi connectivity index (χ3n) is 6.09. The molecule has 1 atom stereocenters. The maximum absolute atomic E-state index is 13.3. The summed E-state index contributed by atoms with van der Waals surface area (Å²) < 4.78 is 0. The summed E-state index contributed by atoms with van der Waals surface area (Å²) in [6.45, 7) is 4.11.